The van der Waals surface area contributed by atoms with Gasteiger partial charge in [0.05, 0.1) is 16.6 Å². The van der Waals surface area contributed by atoms with Crippen LogP contribution in [0.4, 0.5) is 17.1 Å². The zero-order chi connectivity index (χ0) is 22.5. The van der Waals surface area contributed by atoms with Crippen LogP contribution in [-0.2, 0) is 4.74 Å². The molecular weight excluding hydrogens is 398 g/mol. The number of nitrogens with one attached hydrogen (secondary N) is 1. The van der Waals surface area contributed by atoms with Crippen molar-refractivity contribution in [2.75, 3.05) is 23.3 Å². The first-order chi connectivity index (χ1) is 14.7. The van der Waals surface area contributed by atoms with E-state index in [1.807, 2.05) is 4.90 Å². The Morgan fingerprint density at radius 1 is 1.10 bits per heavy atom. The molecule has 8 nitrogen and oxygen atoms in total. The zero-order valence-electron chi connectivity index (χ0n) is 18.0. The molecule has 1 aliphatic rings. The maximum atomic E-state index is 12.6. The van der Waals surface area contributed by atoms with Crippen molar-refractivity contribution in [1.29, 1.82) is 0 Å². The lowest BCUT2D eigenvalue weighted by atomic mass is 9.98. The van der Waals surface area contributed by atoms with Gasteiger partial charge in [0.1, 0.15) is 5.69 Å². The molecule has 0 spiro atoms. The fourth-order valence-electron chi connectivity index (χ4n) is 3.50. The molecule has 3 rings (SSSR count). The Morgan fingerprint density at radius 2 is 1.71 bits per heavy atom. The standard InChI is InChI=1S/C23H27N3O5/c1-15(2)31-23(28)17-4-7-19(8-5-17)24-22(27)18-6-9-20(21(14-18)26(29)30)25-12-10-16(3)11-13-25/h4-9,14-16H,10-13H2,1-3H3,(H,24,27). The summed E-state index contributed by atoms with van der Waals surface area (Å²) in [5, 5.41) is 14.4. The molecule has 164 valence electrons. The van der Waals surface area contributed by atoms with E-state index >= 15 is 0 Å². The number of nitrogens with zero attached hydrogens (tertiary/aromatic N) is 2. The third kappa shape index (κ3) is 5.59. The number of hydrogen-bond acceptors (Lipinski definition) is 6. The molecule has 2 aromatic carbocycles. The number of nitro groups is 1. The lowest BCUT2D eigenvalue weighted by molar-refractivity contribution is -0.384. The minimum atomic E-state index is -0.459. The van der Waals surface area contributed by atoms with Gasteiger partial charge in [-0.15, -0.1) is 0 Å². The van der Waals surface area contributed by atoms with Crippen LogP contribution >= 0.6 is 0 Å². The van der Waals surface area contributed by atoms with Gasteiger partial charge in [-0.25, -0.2) is 4.79 Å². The van der Waals surface area contributed by atoms with Gasteiger partial charge >= 0.3 is 5.97 Å². The number of hydrogen-bond donors (Lipinski definition) is 1. The van der Waals surface area contributed by atoms with Crippen molar-refractivity contribution in [1.82, 2.24) is 0 Å². The molecule has 1 fully saturated rings. The average Bonchev–Trinajstić information content (AvgIpc) is 2.74. The first-order valence-electron chi connectivity index (χ1n) is 10.4. The Balaban J connectivity index is 1.73. The monoisotopic (exact) mass is 425 g/mol. The molecule has 1 amide bonds. The van der Waals surface area contributed by atoms with Gasteiger partial charge in [0, 0.05) is 30.4 Å². The van der Waals surface area contributed by atoms with Gasteiger partial charge in [-0.05, 0) is 69.0 Å². The van der Waals surface area contributed by atoms with E-state index in [1.165, 1.54) is 6.07 Å². The van der Waals surface area contributed by atoms with Crippen molar-refractivity contribution in [2.45, 2.75) is 39.7 Å². The van der Waals surface area contributed by atoms with Crippen LogP contribution in [0.1, 0.15) is 54.3 Å². The molecule has 31 heavy (non-hydrogen) atoms. The summed E-state index contributed by atoms with van der Waals surface area (Å²) in [7, 11) is 0. The summed E-state index contributed by atoms with van der Waals surface area (Å²) in [6.45, 7) is 7.24. The second kappa shape index (κ2) is 9.59. The van der Waals surface area contributed by atoms with E-state index < -0.39 is 16.8 Å². The van der Waals surface area contributed by atoms with Crippen LogP contribution in [0.2, 0.25) is 0 Å². The van der Waals surface area contributed by atoms with Crippen LogP contribution in [0.5, 0.6) is 0 Å². The molecule has 0 atom stereocenters. The van der Waals surface area contributed by atoms with Crippen LogP contribution in [0.25, 0.3) is 0 Å². The summed E-state index contributed by atoms with van der Waals surface area (Å²) >= 11 is 0. The molecule has 1 N–H and O–H groups in total. The van der Waals surface area contributed by atoms with E-state index in [0.717, 1.165) is 25.9 Å². The highest BCUT2D eigenvalue weighted by Gasteiger charge is 2.25. The van der Waals surface area contributed by atoms with Crippen molar-refractivity contribution >= 4 is 28.9 Å². The molecule has 1 heterocycles. The maximum absolute atomic E-state index is 12.6. The predicted octanol–water partition coefficient (Wildman–Crippen LogP) is 4.65. The van der Waals surface area contributed by atoms with Gasteiger partial charge in [0.15, 0.2) is 0 Å². The van der Waals surface area contributed by atoms with Crippen LogP contribution in [0.15, 0.2) is 42.5 Å². The van der Waals surface area contributed by atoms with Crippen molar-refractivity contribution in [3.05, 3.63) is 63.7 Å². The normalized spacial score (nSPS) is 14.4. The molecule has 2 aromatic rings. The average molecular weight is 425 g/mol. The van der Waals surface area contributed by atoms with Crippen molar-refractivity contribution in [3.63, 3.8) is 0 Å². The minimum absolute atomic E-state index is 0.0750. The van der Waals surface area contributed by atoms with E-state index in [4.69, 9.17) is 4.74 Å². The number of piperidine rings is 1. The quantitative estimate of drug-likeness (QED) is 0.411. The minimum Gasteiger partial charge on any atom is -0.459 e. The lowest BCUT2D eigenvalue weighted by Crippen LogP contribution is -2.33. The van der Waals surface area contributed by atoms with Gasteiger partial charge in [-0.3, -0.25) is 14.9 Å². The van der Waals surface area contributed by atoms with Gasteiger partial charge in [-0.1, -0.05) is 6.92 Å². The number of esters is 1. The topological polar surface area (TPSA) is 102 Å². The van der Waals surface area contributed by atoms with Crippen LogP contribution in [0.3, 0.4) is 0 Å². The van der Waals surface area contributed by atoms with Crippen LogP contribution in [0, 0.1) is 16.0 Å². The summed E-state index contributed by atoms with van der Waals surface area (Å²) in [5.41, 5.74) is 1.52. The van der Waals surface area contributed by atoms with Gasteiger partial charge < -0.3 is 15.0 Å². The number of carbonyl (C=O) groups excluding carboxylic acids is 2. The fourth-order valence-corrected chi connectivity index (χ4v) is 3.50. The second-order valence-electron chi connectivity index (χ2n) is 8.12. The molecule has 1 aliphatic heterocycles. The Morgan fingerprint density at radius 3 is 2.29 bits per heavy atom. The summed E-state index contributed by atoms with van der Waals surface area (Å²) in [6, 6.07) is 10.9. The molecule has 8 heteroatoms. The molecule has 0 bridgehead atoms. The summed E-state index contributed by atoms with van der Waals surface area (Å²) in [4.78, 5) is 37.8. The number of ether oxygens (including phenoxy) is 1. The molecule has 0 aliphatic carbocycles. The highest BCUT2D eigenvalue weighted by Crippen LogP contribution is 2.32. The second-order valence-corrected chi connectivity index (χ2v) is 8.12. The van der Waals surface area contributed by atoms with Gasteiger partial charge in [0.2, 0.25) is 0 Å². The first kappa shape index (κ1) is 22.3. The predicted molar refractivity (Wildman–Crippen MR) is 119 cm³/mol. The smallest absolute Gasteiger partial charge is 0.338 e. The first-order valence-corrected chi connectivity index (χ1v) is 10.4. The Bertz CT molecular complexity index is 964. The van der Waals surface area contributed by atoms with Crippen LogP contribution in [-0.4, -0.2) is 36.0 Å². The number of rotatable bonds is 6. The number of amides is 1. The third-order valence-electron chi connectivity index (χ3n) is 5.28. The molecular formula is C23H27N3O5. The van der Waals surface area contributed by atoms with Crippen molar-refractivity contribution < 1.29 is 19.2 Å². The van der Waals surface area contributed by atoms with E-state index in [2.05, 4.69) is 12.2 Å². The number of anilines is 2. The Labute approximate surface area is 181 Å². The van der Waals surface area contributed by atoms with E-state index in [0.29, 0.717) is 22.9 Å². The number of nitro benzene ring substituents is 1. The van der Waals surface area contributed by atoms with Crippen LogP contribution < -0.4 is 10.2 Å². The number of carbonyl (C=O) groups is 2. The van der Waals surface area contributed by atoms with E-state index in [-0.39, 0.29) is 17.4 Å². The zero-order valence-corrected chi connectivity index (χ0v) is 18.0. The summed E-state index contributed by atoms with van der Waals surface area (Å²) in [6.07, 6.45) is 1.75. The highest BCUT2D eigenvalue weighted by atomic mass is 16.6. The lowest BCUT2D eigenvalue weighted by Gasteiger charge is -2.31. The summed E-state index contributed by atoms with van der Waals surface area (Å²) < 4.78 is 5.14. The fraction of sp³-hybridized carbons (Fsp3) is 0.391. The summed E-state index contributed by atoms with van der Waals surface area (Å²) in [5.74, 6) is -0.287. The Kier molecular flexibility index (Phi) is 6.89. The third-order valence-corrected chi connectivity index (χ3v) is 5.28. The van der Waals surface area contributed by atoms with E-state index in [1.54, 1.807) is 50.2 Å². The molecule has 0 saturated carbocycles. The molecule has 0 radical (unpaired) electrons. The Hall–Kier alpha value is -3.42. The largest absolute Gasteiger partial charge is 0.459 e. The molecule has 0 aromatic heterocycles. The molecule has 0 unspecified atom stereocenters. The van der Waals surface area contributed by atoms with Crippen molar-refractivity contribution in [2.24, 2.45) is 5.92 Å². The van der Waals surface area contributed by atoms with Crippen molar-refractivity contribution in [3.8, 4) is 0 Å². The van der Waals surface area contributed by atoms with Gasteiger partial charge in [-0.2, -0.15) is 0 Å². The van der Waals surface area contributed by atoms with E-state index in [9.17, 15) is 19.7 Å². The molecule has 1 saturated heterocycles. The van der Waals surface area contributed by atoms with Gasteiger partial charge in [0.25, 0.3) is 11.6 Å². The SMILES string of the molecule is CC1CCN(c2ccc(C(=O)Nc3ccc(C(=O)OC(C)C)cc3)cc2[N+](=O)[O-])CC1. The highest BCUT2D eigenvalue weighted by molar-refractivity contribution is 6.05. The number of benzene rings is 2. The maximum Gasteiger partial charge on any atom is 0.338 e.